The van der Waals surface area contributed by atoms with Crippen LogP contribution in [0.4, 0.5) is 0 Å². The van der Waals surface area contributed by atoms with Crippen LogP contribution in [0.2, 0.25) is 0 Å². The molecule has 58 valence electrons. The van der Waals surface area contributed by atoms with Crippen molar-refractivity contribution in [2.24, 2.45) is 5.92 Å². The van der Waals surface area contributed by atoms with E-state index in [0.717, 1.165) is 19.3 Å². The van der Waals surface area contributed by atoms with Gasteiger partial charge in [0.1, 0.15) is 0 Å². The zero-order chi connectivity index (χ0) is 7.56. The minimum Gasteiger partial charge on any atom is -0.381 e. The van der Waals surface area contributed by atoms with Crippen molar-refractivity contribution in [3.05, 3.63) is 12.2 Å². The number of allylic oxidation sites excluding steroid dienone is 1. The van der Waals surface area contributed by atoms with Crippen molar-refractivity contribution in [3.63, 3.8) is 0 Å². The highest BCUT2D eigenvalue weighted by atomic mass is 16.5. The normalized spacial score (nSPS) is 34.4. The molecule has 0 bridgehead atoms. The van der Waals surface area contributed by atoms with Crippen LogP contribution in [0.1, 0.15) is 26.2 Å². The molecule has 0 N–H and O–H groups in total. The van der Waals surface area contributed by atoms with E-state index in [1.165, 1.54) is 5.57 Å². The summed E-state index contributed by atoms with van der Waals surface area (Å²) in [6, 6.07) is 0. The molecule has 1 heteroatoms. The van der Waals surface area contributed by atoms with E-state index in [-0.39, 0.29) is 0 Å². The molecule has 1 saturated carbocycles. The summed E-state index contributed by atoms with van der Waals surface area (Å²) in [5.74, 6) is 0.672. The van der Waals surface area contributed by atoms with Crippen LogP contribution in [-0.2, 0) is 4.74 Å². The number of methoxy groups -OCH3 is 1. The van der Waals surface area contributed by atoms with Gasteiger partial charge in [-0.05, 0) is 25.2 Å². The van der Waals surface area contributed by atoms with E-state index < -0.39 is 0 Å². The Morgan fingerprint density at radius 3 is 2.80 bits per heavy atom. The summed E-state index contributed by atoms with van der Waals surface area (Å²) in [5.41, 5.74) is 1.39. The predicted octanol–water partition coefficient (Wildman–Crippen LogP) is 2.38. The first-order valence-corrected chi connectivity index (χ1v) is 3.93. The Hall–Kier alpha value is -0.300. The van der Waals surface area contributed by atoms with Crippen molar-refractivity contribution in [1.29, 1.82) is 0 Å². The fourth-order valence-electron chi connectivity index (χ4n) is 1.67. The second kappa shape index (κ2) is 3.20. The minimum atomic E-state index is 0.477. The summed E-state index contributed by atoms with van der Waals surface area (Å²) in [7, 11) is 1.80. The summed E-state index contributed by atoms with van der Waals surface area (Å²) in [6.07, 6.45) is 3.95. The van der Waals surface area contributed by atoms with Crippen LogP contribution in [0.25, 0.3) is 0 Å². The maximum atomic E-state index is 5.31. The van der Waals surface area contributed by atoms with Gasteiger partial charge in [-0.15, -0.1) is 0 Å². The second-order valence-electron chi connectivity index (χ2n) is 3.24. The summed E-state index contributed by atoms with van der Waals surface area (Å²) in [5, 5.41) is 0. The van der Waals surface area contributed by atoms with Crippen molar-refractivity contribution >= 4 is 0 Å². The Morgan fingerprint density at radius 1 is 1.60 bits per heavy atom. The molecule has 1 rings (SSSR count). The van der Waals surface area contributed by atoms with E-state index in [2.05, 4.69) is 13.5 Å². The third-order valence-electron chi connectivity index (χ3n) is 2.33. The molecular formula is C9H16O. The standard InChI is InChI=1S/C9H16O/c1-7-4-5-9(10-3)8(2)6-7/h8-9H,1,4-6H2,2-3H3. The van der Waals surface area contributed by atoms with E-state index in [0.29, 0.717) is 12.0 Å². The van der Waals surface area contributed by atoms with Gasteiger partial charge in [0.25, 0.3) is 0 Å². The van der Waals surface area contributed by atoms with Gasteiger partial charge >= 0.3 is 0 Å². The lowest BCUT2D eigenvalue weighted by Gasteiger charge is -2.28. The molecule has 0 amide bonds. The Labute approximate surface area is 63.1 Å². The molecule has 1 aliphatic carbocycles. The first-order chi connectivity index (χ1) is 4.74. The summed E-state index contributed by atoms with van der Waals surface area (Å²) < 4.78 is 5.31. The van der Waals surface area contributed by atoms with Gasteiger partial charge in [0, 0.05) is 7.11 Å². The average molecular weight is 140 g/mol. The Balaban J connectivity index is 2.43. The quantitative estimate of drug-likeness (QED) is 0.508. The van der Waals surface area contributed by atoms with Crippen molar-refractivity contribution < 1.29 is 4.74 Å². The molecule has 0 spiro atoms. The Morgan fingerprint density at radius 2 is 2.30 bits per heavy atom. The average Bonchev–Trinajstić information content (AvgIpc) is 1.88. The van der Waals surface area contributed by atoms with Gasteiger partial charge in [-0.3, -0.25) is 0 Å². The maximum absolute atomic E-state index is 5.31. The smallest absolute Gasteiger partial charge is 0.0603 e. The molecule has 10 heavy (non-hydrogen) atoms. The lowest BCUT2D eigenvalue weighted by atomic mass is 9.85. The van der Waals surface area contributed by atoms with Crippen LogP contribution in [0.3, 0.4) is 0 Å². The van der Waals surface area contributed by atoms with E-state index in [4.69, 9.17) is 4.74 Å². The fraction of sp³-hybridized carbons (Fsp3) is 0.778. The van der Waals surface area contributed by atoms with Crippen LogP contribution < -0.4 is 0 Å². The van der Waals surface area contributed by atoms with Crippen molar-refractivity contribution in [3.8, 4) is 0 Å². The molecule has 0 radical (unpaired) electrons. The maximum Gasteiger partial charge on any atom is 0.0603 e. The molecule has 0 heterocycles. The highest BCUT2D eigenvalue weighted by Gasteiger charge is 2.22. The lowest BCUT2D eigenvalue weighted by molar-refractivity contribution is 0.0421. The molecule has 2 atom stereocenters. The van der Waals surface area contributed by atoms with Crippen LogP contribution in [0.15, 0.2) is 12.2 Å². The monoisotopic (exact) mass is 140 g/mol. The van der Waals surface area contributed by atoms with Gasteiger partial charge < -0.3 is 4.74 Å². The van der Waals surface area contributed by atoms with Gasteiger partial charge in [0.2, 0.25) is 0 Å². The highest BCUT2D eigenvalue weighted by molar-refractivity contribution is 5.01. The summed E-state index contributed by atoms with van der Waals surface area (Å²) in [6.45, 7) is 6.21. The molecule has 0 aromatic heterocycles. The van der Waals surface area contributed by atoms with Gasteiger partial charge in [-0.25, -0.2) is 0 Å². The van der Waals surface area contributed by atoms with Gasteiger partial charge in [-0.1, -0.05) is 19.1 Å². The molecule has 0 aromatic carbocycles. The fourth-order valence-corrected chi connectivity index (χ4v) is 1.67. The number of hydrogen-bond acceptors (Lipinski definition) is 1. The van der Waals surface area contributed by atoms with E-state index >= 15 is 0 Å². The molecule has 2 unspecified atom stereocenters. The molecule has 1 nitrogen and oxygen atoms in total. The zero-order valence-corrected chi connectivity index (χ0v) is 6.89. The third kappa shape index (κ3) is 1.60. The van der Waals surface area contributed by atoms with Crippen LogP contribution >= 0.6 is 0 Å². The Bertz CT molecular complexity index is 129. The molecule has 0 aromatic rings. The molecule has 1 aliphatic rings. The van der Waals surface area contributed by atoms with Crippen molar-refractivity contribution in [1.82, 2.24) is 0 Å². The molecule has 0 aliphatic heterocycles. The van der Waals surface area contributed by atoms with E-state index in [9.17, 15) is 0 Å². The summed E-state index contributed by atoms with van der Waals surface area (Å²) in [4.78, 5) is 0. The first-order valence-electron chi connectivity index (χ1n) is 3.93. The SMILES string of the molecule is C=C1CCC(OC)C(C)C1. The zero-order valence-electron chi connectivity index (χ0n) is 6.89. The third-order valence-corrected chi connectivity index (χ3v) is 2.33. The highest BCUT2D eigenvalue weighted by Crippen LogP contribution is 2.28. The van der Waals surface area contributed by atoms with Gasteiger partial charge in [-0.2, -0.15) is 0 Å². The van der Waals surface area contributed by atoms with Crippen LogP contribution in [-0.4, -0.2) is 13.2 Å². The largest absolute Gasteiger partial charge is 0.381 e. The number of ether oxygens (including phenoxy) is 1. The van der Waals surface area contributed by atoms with E-state index in [1.807, 2.05) is 0 Å². The lowest BCUT2D eigenvalue weighted by Crippen LogP contribution is -2.24. The van der Waals surface area contributed by atoms with Crippen LogP contribution in [0, 0.1) is 5.92 Å². The predicted molar refractivity (Wildman–Crippen MR) is 43.0 cm³/mol. The Kier molecular flexibility index (Phi) is 2.50. The molecule has 0 saturated heterocycles. The van der Waals surface area contributed by atoms with Gasteiger partial charge in [0.05, 0.1) is 6.10 Å². The topological polar surface area (TPSA) is 9.23 Å². The molecule has 1 fully saturated rings. The first kappa shape index (κ1) is 7.80. The summed E-state index contributed by atoms with van der Waals surface area (Å²) >= 11 is 0. The van der Waals surface area contributed by atoms with Gasteiger partial charge in [0.15, 0.2) is 0 Å². The van der Waals surface area contributed by atoms with Crippen molar-refractivity contribution in [2.45, 2.75) is 32.3 Å². The van der Waals surface area contributed by atoms with Crippen molar-refractivity contribution in [2.75, 3.05) is 7.11 Å². The minimum absolute atomic E-state index is 0.477. The number of rotatable bonds is 1. The number of hydrogen-bond donors (Lipinski definition) is 0. The second-order valence-corrected chi connectivity index (χ2v) is 3.24. The molecular weight excluding hydrogens is 124 g/mol. The van der Waals surface area contributed by atoms with E-state index in [1.54, 1.807) is 7.11 Å². The van der Waals surface area contributed by atoms with Crippen LogP contribution in [0.5, 0.6) is 0 Å².